The summed E-state index contributed by atoms with van der Waals surface area (Å²) in [4.78, 5) is 23.4. The maximum atomic E-state index is 11.7. The molecule has 0 bridgehead atoms. The van der Waals surface area contributed by atoms with Gasteiger partial charge in [-0.3, -0.25) is 9.59 Å². The Kier molecular flexibility index (Phi) is 13.6. The van der Waals surface area contributed by atoms with Gasteiger partial charge in [0.25, 0.3) is 0 Å². The van der Waals surface area contributed by atoms with Gasteiger partial charge in [0.05, 0.1) is 13.2 Å². The van der Waals surface area contributed by atoms with Crippen LogP contribution in [0.2, 0.25) is 0 Å². The molecule has 0 aromatic heterocycles. The zero-order valence-corrected chi connectivity index (χ0v) is 18.7. The van der Waals surface area contributed by atoms with E-state index in [4.69, 9.17) is 9.47 Å². The van der Waals surface area contributed by atoms with Gasteiger partial charge in [-0.2, -0.15) is 0 Å². The fourth-order valence-corrected chi connectivity index (χ4v) is 2.39. The highest BCUT2D eigenvalue weighted by Crippen LogP contribution is 2.18. The molecule has 0 radical (unpaired) electrons. The second-order valence-electron chi connectivity index (χ2n) is 9.04. The standard InChI is InChI=1S/C24H42O4/c1-7-23(3,4)19-27-21(25)17-15-13-11-9-10-12-14-16-18-22(26)28-20-24(5,6)8-2/h7-8H,1-2,9-20H2,3-6H3. The molecular weight excluding hydrogens is 352 g/mol. The van der Waals surface area contributed by atoms with Crippen molar-refractivity contribution in [3.63, 3.8) is 0 Å². The molecule has 0 N–H and O–H groups in total. The summed E-state index contributed by atoms with van der Waals surface area (Å²) in [5, 5.41) is 0. The number of unbranched alkanes of at least 4 members (excludes halogenated alkanes) is 7. The van der Waals surface area contributed by atoms with E-state index in [9.17, 15) is 9.59 Å². The normalized spacial score (nSPS) is 11.7. The molecule has 4 heteroatoms. The topological polar surface area (TPSA) is 52.6 Å². The molecule has 0 aliphatic heterocycles. The molecular formula is C24H42O4. The van der Waals surface area contributed by atoms with Crippen molar-refractivity contribution in [3.05, 3.63) is 25.3 Å². The van der Waals surface area contributed by atoms with E-state index in [0.29, 0.717) is 26.1 Å². The lowest BCUT2D eigenvalue weighted by Gasteiger charge is -2.19. The van der Waals surface area contributed by atoms with E-state index in [2.05, 4.69) is 13.2 Å². The number of ether oxygens (including phenoxy) is 2. The van der Waals surface area contributed by atoms with Crippen LogP contribution in [0.5, 0.6) is 0 Å². The third-order valence-electron chi connectivity index (χ3n) is 4.83. The maximum absolute atomic E-state index is 11.7. The second-order valence-corrected chi connectivity index (χ2v) is 9.04. The minimum atomic E-state index is -0.158. The van der Waals surface area contributed by atoms with Crippen LogP contribution in [0.1, 0.15) is 91.9 Å². The van der Waals surface area contributed by atoms with E-state index in [1.165, 1.54) is 12.8 Å². The zero-order valence-electron chi connectivity index (χ0n) is 18.7. The van der Waals surface area contributed by atoms with Gasteiger partial charge in [-0.1, -0.05) is 78.4 Å². The number of hydrogen-bond donors (Lipinski definition) is 0. The Bertz CT molecular complexity index is 433. The SMILES string of the molecule is C=CC(C)(C)COC(=O)CCCCCCCCCCC(=O)OCC(C)(C)C=C. The van der Waals surface area contributed by atoms with E-state index in [1.54, 1.807) is 0 Å². The van der Waals surface area contributed by atoms with Crippen LogP contribution in [-0.4, -0.2) is 25.2 Å². The zero-order chi connectivity index (χ0) is 21.5. The van der Waals surface area contributed by atoms with Gasteiger partial charge in [0, 0.05) is 23.7 Å². The highest BCUT2D eigenvalue weighted by atomic mass is 16.5. The summed E-state index contributed by atoms with van der Waals surface area (Å²) in [5.74, 6) is -0.225. The van der Waals surface area contributed by atoms with Crippen LogP contribution in [0.4, 0.5) is 0 Å². The number of carbonyl (C=O) groups excluding carboxylic acids is 2. The van der Waals surface area contributed by atoms with Crippen LogP contribution in [-0.2, 0) is 19.1 Å². The van der Waals surface area contributed by atoms with E-state index in [-0.39, 0.29) is 22.8 Å². The van der Waals surface area contributed by atoms with Gasteiger partial charge in [-0.15, -0.1) is 13.2 Å². The summed E-state index contributed by atoms with van der Waals surface area (Å²) in [6.07, 6.45) is 13.2. The van der Waals surface area contributed by atoms with Gasteiger partial charge < -0.3 is 9.47 Å². The summed E-state index contributed by atoms with van der Waals surface area (Å²) in [6, 6.07) is 0. The fraction of sp³-hybridized carbons (Fsp3) is 0.750. The molecule has 0 saturated carbocycles. The van der Waals surface area contributed by atoms with Crippen molar-refractivity contribution >= 4 is 11.9 Å². The molecule has 4 nitrogen and oxygen atoms in total. The minimum absolute atomic E-state index is 0.113. The van der Waals surface area contributed by atoms with Gasteiger partial charge in [0.15, 0.2) is 0 Å². The molecule has 0 aromatic carbocycles. The predicted octanol–water partition coefficient (Wildman–Crippen LogP) is 6.40. The summed E-state index contributed by atoms with van der Waals surface area (Å²) in [7, 11) is 0. The van der Waals surface area contributed by atoms with E-state index in [0.717, 1.165) is 38.5 Å². The smallest absolute Gasteiger partial charge is 0.305 e. The van der Waals surface area contributed by atoms with Crippen LogP contribution in [0.25, 0.3) is 0 Å². The molecule has 0 aliphatic rings. The number of hydrogen-bond acceptors (Lipinski definition) is 4. The summed E-state index contributed by atoms with van der Waals surface area (Å²) in [6.45, 7) is 16.3. The van der Waals surface area contributed by atoms with Crippen LogP contribution in [0, 0.1) is 10.8 Å². The van der Waals surface area contributed by atoms with Crippen molar-refractivity contribution in [2.75, 3.05) is 13.2 Å². The third kappa shape index (κ3) is 15.5. The lowest BCUT2D eigenvalue weighted by atomic mass is 9.95. The Morgan fingerprint density at radius 1 is 0.643 bits per heavy atom. The minimum Gasteiger partial charge on any atom is -0.465 e. The van der Waals surface area contributed by atoms with Crippen LogP contribution in [0.15, 0.2) is 25.3 Å². The monoisotopic (exact) mass is 394 g/mol. The van der Waals surface area contributed by atoms with Crippen molar-refractivity contribution in [1.82, 2.24) is 0 Å². The Hall–Kier alpha value is -1.58. The van der Waals surface area contributed by atoms with Crippen molar-refractivity contribution in [2.45, 2.75) is 91.9 Å². The van der Waals surface area contributed by atoms with Crippen molar-refractivity contribution < 1.29 is 19.1 Å². The molecule has 0 atom stereocenters. The Morgan fingerprint density at radius 3 is 1.21 bits per heavy atom. The van der Waals surface area contributed by atoms with Crippen molar-refractivity contribution in [3.8, 4) is 0 Å². The first-order valence-corrected chi connectivity index (χ1v) is 10.7. The first-order valence-electron chi connectivity index (χ1n) is 10.7. The largest absolute Gasteiger partial charge is 0.465 e. The molecule has 0 aromatic rings. The first kappa shape index (κ1) is 26.4. The lowest BCUT2D eigenvalue weighted by molar-refractivity contribution is -0.146. The molecule has 0 aliphatic carbocycles. The number of carbonyl (C=O) groups is 2. The molecule has 0 saturated heterocycles. The molecule has 0 rings (SSSR count). The highest BCUT2D eigenvalue weighted by Gasteiger charge is 2.16. The third-order valence-corrected chi connectivity index (χ3v) is 4.83. The molecule has 0 fully saturated rings. The molecule has 28 heavy (non-hydrogen) atoms. The molecule has 0 spiro atoms. The van der Waals surface area contributed by atoms with E-state index in [1.807, 2.05) is 39.8 Å². The lowest BCUT2D eigenvalue weighted by Crippen LogP contribution is -2.19. The Balaban J connectivity index is 3.46. The fourth-order valence-electron chi connectivity index (χ4n) is 2.39. The van der Waals surface area contributed by atoms with E-state index >= 15 is 0 Å². The molecule has 0 amide bonds. The summed E-state index contributed by atoms with van der Waals surface area (Å²) >= 11 is 0. The van der Waals surface area contributed by atoms with Crippen LogP contribution < -0.4 is 0 Å². The average molecular weight is 395 g/mol. The van der Waals surface area contributed by atoms with Gasteiger partial charge >= 0.3 is 11.9 Å². The quantitative estimate of drug-likeness (QED) is 0.163. The Labute approximate surface area is 172 Å². The average Bonchev–Trinajstić information content (AvgIpc) is 2.66. The van der Waals surface area contributed by atoms with E-state index < -0.39 is 0 Å². The number of rotatable bonds is 17. The summed E-state index contributed by atoms with van der Waals surface area (Å²) < 4.78 is 10.6. The Morgan fingerprint density at radius 2 is 0.929 bits per heavy atom. The van der Waals surface area contributed by atoms with Gasteiger partial charge in [-0.25, -0.2) is 0 Å². The van der Waals surface area contributed by atoms with Gasteiger partial charge in [-0.05, 0) is 12.8 Å². The number of esters is 2. The molecule has 162 valence electrons. The molecule has 0 heterocycles. The van der Waals surface area contributed by atoms with Crippen LogP contribution in [0.3, 0.4) is 0 Å². The summed E-state index contributed by atoms with van der Waals surface area (Å²) in [5.41, 5.74) is -0.316. The van der Waals surface area contributed by atoms with Crippen molar-refractivity contribution in [1.29, 1.82) is 0 Å². The van der Waals surface area contributed by atoms with Crippen molar-refractivity contribution in [2.24, 2.45) is 10.8 Å². The maximum Gasteiger partial charge on any atom is 0.305 e. The predicted molar refractivity (Wildman–Crippen MR) is 116 cm³/mol. The first-order chi connectivity index (χ1) is 13.1. The van der Waals surface area contributed by atoms with Gasteiger partial charge in [0.1, 0.15) is 0 Å². The van der Waals surface area contributed by atoms with Crippen LogP contribution >= 0.6 is 0 Å². The second kappa shape index (κ2) is 14.4. The molecule has 0 unspecified atom stereocenters. The highest BCUT2D eigenvalue weighted by molar-refractivity contribution is 5.69. The van der Waals surface area contributed by atoms with Gasteiger partial charge in [0.2, 0.25) is 0 Å².